The number of nitrogens with zero attached hydrogens (tertiary/aromatic N) is 1. The summed E-state index contributed by atoms with van der Waals surface area (Å²) in [5.74, 6) is -2.18. The number of hydrogen-bond acceptors (Lipinski definition) is 4. The Bertz CT molecular complexity index is 1510. The number of carbonyl (C=O) groups is 2. The first-order valence-corrected chi connectivity index (χ1v) is 12.4. The molecule has 3 aromatic rings. The predicted molar refractivity (Wildman–Crippen MR) is 129 cm³/mol. The number of rotatable bonds is 5. The number of fused-ring (bicyclic) bond motifs is 1. The van der Waals surface area contributed by atoms with Crippen molar-refractivity contribution in [1.82, 2.24) is 0 Å². The van der Waals surface area contributed by atoms with Gasteiger partial charge in [0.05, 0.1) is 28.3 Å². The van der Waals surface area contributed by atoms with Gasteiger partial charge in [0.25, 0.3) is 10.0 Å². The average Bonchev–Trinajstić information content (AvgIpc) is 2.81. The van der Waals surface area contributed by atoms with Crippen LogP contribution in [0, 0.1) is 19.7 Å². The van der Waals surface area contributed by atoms with Crippen molar-refractivity contribution >= 4 is 38.9 Å². The number of benzene rings is 3. The Hall–Kier alpha value is -3.93. The summed E-state index contributed by atoms with van der Waals surface area (Å²) >= 11 is 0. The molecule has 0 bridgehead atoms. The summed E-state index contributed by atoms with van der Waals surface area (Å²) in [4.78, 5) is 25.4. The van der Waals surface area contributed by atoms with E-state index in [1.807, 2.05) is 0 Å². The fourth-order valence-electron chi connectivity index (χ4n) is 4.06. The number of aryl methyl sites for hydroxylation is 2. The number of carbonyl (C=O) groups excluding carboxylic acids is 2. The fraction of sp³-hybridized carbons (Fsp3) is 0.200. The number of alkyl halides is 3. The van der Waals surface area contributed by atoms with E-state index in [0.717, 1.165) is 16.4 Å². The molecule has 4 rings (SSSR count). The maximum atomic E-state index is 13.8. The second-order valence-corrected chi connectivity index (χ2v) is 10.3. The summed E-state index contributed by atoms with van der Waals surface area (Å²) in [6, 6.07) is 10.3. The van der Waals surface area contributed by atoms with Crippen LogP contribution in [0.15, 0.2) is 65.6 Å². The molecule has 0 saturated carbocycles. The molecule has 12 heteroatoms. The maximum Gasteiger partial charge on any atom is 0.416 e. The van der Waals surface area contributed by atoms with E-state index >= 15 is 0 Å². The van der Waals surface area contributed by atoms with Crippen molar-refractivity contribution in [1.29, 1.82) is 0 Å². The van der Waals surface area contributed by atoms with Gasteiger partial charge in [0, 0.05) is 5.69 Å². The van der Waals surface area contributed by atoms with Gasteiger partial charge in [0.1, 0.15) is 11.9 Å². The Morgan fingerprint density at radius 2 is 1.73 bits per heavy atom. The van der Waals surface area contributed by atoms with Crippen LogP contribution < -0.4 is 14.9 Å². The molecule has 1 unspecified atom stereocenters. The molecular weight excluding hydrogens is 514 g/mol. The van der Waals surface area contributed by atoms with E-state index < -0.39 is 56.8 Å². The zero-order valence-electron chi connectivity index (χ0n) is 19.6. The zero-order chi connectivity index (χ0) is 27.1. The smallest absolute Gasteiger partial charge is 0.326 e. The van der Waals surface area contributed by atoms with Gasteiger partial charge in [-0.1, -0.05) is 18.2 Å². The highest BCUT2D eigenvalue weighted by Crippen LogP contribution is 2.39. The quantitative estimate of drug-likeness (QED) is 0.450. The molecule has 0 aromatic heterocycles. The predicted octanol–water partition coefficient (Wildman–Crippen LogP) is 5.01. The third kappa shape index (κ3) is 5.15. The molecule has 7 nitrogen and oxygen atoms in total. The third-order valence-corrected chi connectivity index (χ3v) is 7.86. The van der Waals surface area contributed by atoms with Gasteiger partial charge in [-0.25, -0.2) is 12.8 Å². The lowest BCUT2D eigenvalue weighted by Crippen LogP contribution is -2.52. The number of anilines is 3. The number of para-hydroxylation sites is 2. The SMILES string of the molecule is Cc1ccc(F)cc1NC(=O)CC1C(=O)Nc2ccccc2N1S(=O)(=O)c1ccc(C(F)(F)F)cc1C. The molecule has 2 amide bonds. The van der Waals surface area contributed by atoms with Crippen molar-refractivity contribution in [2.45, 2.75) is 37.4 Å². The minimum atomic E-state index is -4.68. The van der Waals surface area contributed by atoms with Gasteiger partial charge < -0.3 is 10.6 Å². The summed E-state index contributed by atoms with van der Waals surface area (Å²) in [5, 5.41) is 5.05. The number of amides is 2. The Morgan fingerprint density at radius 1 is 1.03 bits per heavy atom. The van der Waals surface area contributed by atoms with Crippen molar-refractivity contribution in [3.8, 4) is 0 Å². The first-order valence-electron chi connectivity index (χ1n) is 11.0. The molecule has 2 N–H and O–H groups in total. The lowest BCUT2D eigenvalue weighted by Gasteiger charge is -2.37. The van der Waals surface area contributed by atoms with Gasteiger partial charge in [0.2, 0.25) is 11.8 Å². The Kier molecular flexibility index (Phi) is 6.72. The highest BCUT2D eigenvalue weighted by Gasteiger charge is 2.43. The number of sulfonamides is 1. The fourth-order valence-corrected chi connectivity index (χ4v) is 5.90. The summed E-state index contributed by atoms with van der Waals surface area (Å²) in [7, 11) is -4.62. The number of halogens is 4. The second-order valence-electron chi connectivity index (χ2n) is 8.51. The molecule has 37 heavy (non-hydrogen) atoms. The Morgan fingerprint density at radius 3 is 2.41 bits per heavy atom. The van der Waals surface area contributed by atoms with Gasteiger partial charge in [-0.15, -0.1) is 0 Å². The normalized spacial score (nSPS) is 15.7. The van der Waals surface area contributed by atoms with Gasteiger partial charge in [-0.3, -0.25) is 13.9 Å². The first-order chi connectivity index (χ1) is 17.3. The summed E-state index contributed by atoms with van der Waals surface area (Å²) < 4.78 is 81.5. The summed E-state index contributed by atoms with van der Waals surface area (Å²) in [6.45, 7) is 2.84. The molecular formula is C25H21F4N3O4S. The van der Waals surface area contributed by atoms with Gasteiger partial charge in [0.15, 0.2) is 0 Å². The molecule has 0 radical (unpaired) electrons. The van der Waals surface area contributed by atoms with E-state index in [1.165, 1.54) is 37.3 Å². The largest absolute Gasteiger partial charge is 0.416 e. The molecule has 0 saturated heterocycles. The molecule has 0 spiro atoms. The van der Waals surface area contributed by atoms with Crippen LogP contribution in [0.2, 0.25) is 0 Å². The molecule has 1 heterocycles. The molecule has 0 aliphatic carbocycles. The Labute approximate surface area is 210 Å². The number of hydrogen-bond donors (Lipinski definition) is 2. The van der Waals surface area contributed by atoms with Gasteiger partial charge in [-0.2, -0.15) is 13.2 Å². The average molecular weight is 536 g/mol. The van der Waals surface area contributed by atoms with Crippen LogP contribution in [0.1, 0.15) is 23.1 Å². The van der Waals surface area contributed by atoms with Crippen LogP contribution in [0.4, 0.5) is 34.6 Å². The van der Waals surface area contributed by atoms with Crippen molar-refractivity contribution < 1.29 is 35.6 Å². The minimum Gasteiger partial charge on any atom is -0.326 e. The third-order valence-electron chi connectivity index (χ3n) is 5.88. The first kappa shape index (κ1) is 26.1. The number of nitrogens with one attached hydrogen (secondary N) is 2. The lowest BCUT2D eigenvalue weighted by molar-refractivity contribution is -0.137. The standard InChI is InChI=1S/C25H21F4N3O4S/c1-14-7-9-17(26)12-19(14)30-23(33)13-21-24(34)31-18-5-3-4-6-20(18)32(21)37(35,36)22-10-8-16(11-15(22)2)25(27,28)29/h3-12,21H,13H2,1-2H3,(H,30,33)(H,31,34). The van der Waals surface area contributed by atoms with E-state index in [4.69, 9.17) is 0 Å². The van der Waals surface area contributed by atoms with Crippen LogP contribution in [-0.2, 0) is 25.8 Å². The summed E-state index contributed by atoms with van der Waals surface area (Å²) in [6.07, 6.45) is -5.32. The van der Waals surface area contributed by atoms with E-state index in [0.29, 0.717) is 17.7 Å². The summed E-state index contributed by atoms with van der Waals surface area (Å²) in [5.41, 5.74) is -0.328. The van der Waals surface area contributed by atoms with Gasteiger partial charge in [-0.05, 0) is 67.4 Å². The topological polar surface area (TPSA) is 95.6 Å². The molecule has 0 fully saturated rings. The van der Waals surface area contributed by atoms with E-state index in [-0.39, 0.29) is 22.6 Å². The lowest BCUT2D eigenvalue weighted by atomic mass is 10.1. The van der Waals surface area contributed by atoms with E-state index in [1.54, 1.807) is 13.0 Å². The second kappa shape index (κ2) is 9.51. The van der Waals surface area contributed by atoms with E-state index in [2.05, 4.69) is 10.6 Å². The maximum absolute atomic E-state index is 13.8. The highest BCUT2D eigenvalue weighted by atomic mass is 32.2. The van der Waals surface area contributed by atoms with Crippen molar-refractivity contribution in [2.75, 3.05) is 14.9 Å². The minimum absolute atomic E-state index is 0.0427. The molecule has 1 atom stereocenters. The molecule has 1 aliphatic rings. The molecule has 3 aromatic carbocycles. The highest BCUT2D eigenvalue weighted by molar-refractivity contribution is 7.93. The van der Waals surface area contributed by atoms with Gasteiger partial charge >= 0.3 is 6.18 Å². The van der Waals surface area contributed by atoms with Crippen LogP contribution in [-0.4, -0.2) is 26.3 Å². The molecule has 1 aliphatic heterocycles. The van der Waals surface area contributed by atoms with Crippen LogP contribution in [0.25, 0.3) is 0 Å². The van der Waals surface area contributed by atoms with Crippen molar-refractivity contribution in [3.05, 3.63) is 83.2 Å². The monoisotopic (exact) mass is 535 g/mol. The molecule has 194 valence electrons. The van der Waals surface area contributed by atoms with E-state index in [9.17, 15) is 35.6 Å². The van der Waals surface area contributed by atoms with Crippen molar-refractivity contribution in [3.63, 3.8) is 0 Å². The van der Waals surface area contributed by atoms with Crippen molar-refractivity contribution in [2.24, 2.45) is 0 Å². The van der Waals surface area contributed by atoms with Crippen LogP contribution in [0.3, 0.4) is 0 Å². The van der Waals surface area contributed by atoms with Crippen LogP contribution >= 0.6 is 0 Å². The Balaban J connectivity index is 1.76. The zero-order valence-corrected chi connectivity index (χ0v) is 20.4. The van der Waals surface area contributed by atoms with Crippen LogP contribution in [0.5, 0.6) is 0 Å².